The number of nitrogens with zero attached hydrogens (tertiary/aromatic N) is 1. The topological polar surface area (TPSA) is 86.4 Å². The SMILES string of the molecule is CCOC(=O)c1ccc(C(=O)NCc2ccc(Cl)cc2)n1CCN. The summed E-state index contributed by atoms with van der Waals surface area (Å²) in [6.45, 7) is 3.01. The van der Waals surface area contributed by atoms with Crippen molar-refractivity contribution in [3.05, 3.63) is 58.4 Å². The molecule has 0 aliphatic rings. The predicted molar refractivity (Wildman–Crippen MR) is 92.1 cm³/mol. The molecular weight excluding hydrogens is 330 g/mol. The van der Waals surface area contributed by atoms with Crippen molar-refractivity contribution >= 4 is 23.5 Å². The molecule has 0 bridgehead atoms. The van der Waals surface area contributed by atoms with Crippen LogP contribution in [0, 0.1) is 0 Å². The van der Waals surface area contributed by atoms with Gasteiger partial charge < -0.3 is 20.4 Å². The van der Waals surface area contributed by atoms with E-state index in [1.165, 1.54) is 0 Å². The standard InChI is InChI=1S/C17H20ClN3O3/c1-2-24-17(23)15-8-7-14(21(15)10-9-19)16(22)20-11-12-3-5-13(18)6-4-12/h3-8H,2,9-11,19H2,1H3,(H,20,22). The summed E-state index contributed by atoms with van der Waals surface area (Å²) in [5.41, 5.74) is 7.21. The minimum atomic E-state index is -0.470. The first-order valence-electron chi connectivity index (χ1n) is 7.66. The third kappa shape index (κ3) is 4.37. The third-order valence-electron chi connectivity index (χ3n) is 3.42. The van der Waals surface area contributed by atoms with Crippen molar-refractivity contribution in [2.24, 2.45) is 5.73 Å². The molecular formula is C17H20ClN3O3. The van der Waals surface area contributed by atoms with Gasteiger partial charge in [0.2, 0.25) is 0 Å². The number of esters is 1. The van der Waals surface area contributed by atoms with Gasteiger partial charge in [0.05, 0.1) is 6.61 Å². The molecule has 2 aromatic rings. The number of carbonyl (C=O) groups excluding carboxylic acids is 2. The van der Waals surface area contributed by atoms with E-state index in [1.807, 2.05) is 12.1 Å². The highest BCUT2D eigenvalue weighted by atomic mass is 35.5. The summed E-state index contributed by atoms with van der Waals surface area (Å²) in [5, 5.41) is 3.46. The highest BCUT2D eigenvalue weighted by Crippen LogP contribution is 2.12. The maximum absolute atomic E-state index is 12.4. The zero-order chi connectivity index (χ0) is 17.5. The van der Waals surface area contributed by atoms with Crippen LogP contribution in [0.3, 0.4) is 0 Å². The molecule has 1 aromatic carbocycles. The number of nitrogens with one attached hydrogen (secondary N) is 1. The Balaban J connectivity index is 2.13. The molecule has 0 saturated heterocycles. The summed E-state index contributed by atoms with van der Waals surface area (Å²) in [6.07, 6.45) is 0. The van der Waals surface area contributed by atoms with Crippen LogP contribution in [0.1, 0.15) is 33.5 Å². The molecule has 6 nitrogen and oxygen atoms in total. The lowest BCUT2D eigenvalue weighted by atomic mass is 10.2. The number of benzene rings is 1. The number of hydrogen-bond acceptors (Lipinski definition) is 4. The van der Waals surface area contributed by atoms with Crippen LogP contribution in [0.15, 0.2) is 36.4 Å². The minimum Gasteiger partial charge on any atom is -0.461 e. The largest absolute Gasteiger partial charge is 0.461 e. The molecule has 1 aromatic heterocycles. The lowest BCUT2D eigenvalue weighted by Crippen LogP contribution is -2.28. The average Bonchev–Trinajstić information content (AvgIpc) is 2.98. The Morgan fingerprint density at radius 2 is 1.83 bits per heavy atom. The van der Waals surface area contributed by atoms with Gasteiger partial charge in [-0.15, -0.1) is 0 Å². The van der Waals surface area contributed by atoms with E-state index in [-0.39, 0.29) is 12.5 Å². The molecule has 1 amide bonds. The molecule has 0 saturated carbocycles. The molecule has 0 spiro atoms. The molecule has 24 heavy (non-hydrogen) atoms. The Morgan fingerprint density at radius 1 is 1.17 bits per heavy atom. The van der Waals surface area contributed by atoms with E-state index in [0.29, 0.717) is 36.0 Å². The van der Waals surface area contributed by atoms with E-state index < -0.39 is 5.97 Å². The number of halogens is 1. The lowest BCUT2D eigenvalue weighted by molar-refractivity contribution is 0.0513. The van der Waals surface area contributed by atoms with Gasteiger partial charge in [0.15, 0.2) is 0 Å². The van der Waals surface area contributed by atoms with E-state index in [0.717, 1.165) is 5.56 Å². The third-order valence-corrected chi connectivity index (χ3v) is 3.67. The van der Waals surface area contributed by atoms with E-state index in [2.05, 4.69) is 5.32 Å². The van der Waals surface area contributed by atoms with Crippen molar-refractivity contribution in [3.63, 3.8) is 0 Å². The second-order valence-corrected chi connectivity index (χ2v) is 5.51. The molecule has 0 radical (unpaired) electrons. The van der Waals surface area contributed by atoms with Gasteiger partial charge in [-0.25, -0.2) is 4.79 Å². The first kappa shape index (κ1) is 18.0. The minimum absolute atomic E-state index is 0.269. The van der Waals surface area contributed by atoms with Crippen LogP contribution < -0.4 is 11.1 Å². The van der Waals surface area contributed by atoms with Crippen molar-refractivity contribution in [3.8, 4) is 0 Å². The fourth-order valence-corrected chi connectivity index (χ4v) is 2.42. The Labute approximate surface area is 145 Å². The van der Waals surface area contributed by atoms with Crippen LogP contribution in [0.4, 0.5) is 0 Å². The molecule has 2 rings (SSSR count). The maximum atomic E-state index is 12.4. The first-order valence-corrected chi connectivity index (χ1v) is 8.04. The van der Waals surface area contributed by atoms with Crippen molar-refractivity contribution < 1.29 is 14.3 Å². The number of carbonyl (C=O) groups is 2. The Kier molecular flexibility index (Phi) is 6.40. The van der Waals surface area contributed by atoms with Crippen LogP contribution in [0.25, 0.3) is 0 Å². The fraction of sp³-hybridized carbons (Fsp3) is 0.294. The van der Waals surface area contributed by atoms with Gasteiger partial charge in [-0.1, -0.05) is 23.7 Å². The van der Waals surface area contributed by atoms with Crippen LogP contribution in [-0.2, 0) is 17.8 Å². The summed E-state index contributed by atoms with van der Waals surface area (Å²) < 4.78 is 6.58. The van der Waals surface area contributed by atoms with Gasteiger partial charge in [-0.2, -0.15) is 0 Å². The summed E-state index contributed by atoms with van der Waals surface area (Å²) in [7, 11) is 0. The summed E-state index contributed by atoms with van der Waals surface area (Å²) in [4.78, 5) is 24.4. The van der Waals surface area contributed by atoms with E-state index in [9.17, 15) is 9.59 Å². The van der Waals surface area contributed by atoms with Gasteiger partial charge in [0, 0.05) is 24.7 Å². The molecule has 7 heteroatoms. The number of nitrogens with two attached hydrogens (primary N) is 1. The zero-order valence-corrected chi connectivity index (χ0v) is 14.2. The first-order chi connectivity index (χ1) is 11.6. The Hall–Kier alpha value is -2.31. The molecule has 3 N–H and O–H groups in total. The number of hydrogen-bond donors (Lipinski definition) is 2. The second kappa shape index (κ2) is 8.52. The van der Waals surface area contributed by atoms with Crippen molar-refractivity contribution in [1.82, 2.24) is 9.88 Å². The summed E-state index contributed by atoms with van der Waals surface area (Å²) >= 11 is 5.84. The van der Waals surface area contributed by atoms with Crippen LogP contribution in [-0.4, -0.2) is 29.6 Å². The number of aromatic nitrogens is 1. The number of amides is 1. The summed E-state index contributed by atoms with van der Waals surface area (Å²) in [6, 6.07) is 10.4. The molecule has 0 unspecified atom stereocenters. The highest BCUT2D eigenvalue weighted by Gasteiger charge is 2.19. The molecule has 0 atom stereocenters. The Bertz CT molecular complexity index is 710. The molecule has 0 fully saturated rings. The van der Waals surface area contributed by atoms with Gasteiger partial charge in [-0.05, 0) is 36.8 Å². The fourth-order valence-electron chi connectivity index (χ4n) is 2.29. The van der Waals surface area contributed by atoms with E-state index in [1.54, 1.807) is 35.8 Å². The maximum Gasteiger partial charge on any atom is 0.354 e. The van der Waals surface area contributed by atoms with Gasteiger partial charge in [0.1, 0.15) is 11.4 Å². The van der Waals surface area contributed by atoms with Crippen molar-refractivity contribution in [2.45, 2.75) is 20.0 Å². The lowest BCUT2D eigenvalue weighted by Gasteiger charge is -2.12. The van der Waals surface area contributed by atoms with Crippen LogP contribution >= 0.6 is 11.6 Å². The molecule has 128 valence electrons. The highest BCUT2D eigenvalue weighted by molar-refractivity contribution is 6.30. The monoisotopic (exact) mass is 349 g/mol. The van der Waals surface area contributed by atoms with Gasteiger partial charge in [0.25, 0.3) is 5.91 Å². The van der Waals surface area contributed by atoms with E-state index in [4.69, 9.17) is 22.1 Å². The molecule has 0 aliphatic carbocycles. The predicted octanol–water partition coefficient (Wildman–Crippen LogP) is 2.21. The average molecular weight is 350 g/mol. The van der Waals surface area contributed by atoms with Gasteiger partial charge >= 0.3 is 5.97 Å². The number of ether oxygens (including phenoxy) is 1. The molecule has 0 aliphatic heterocycles. The van der Waals surface area contributed by atoms with Crippen LogP contribution in [0.2, 0.25) is 5.02 Å². The van der Waals surface area contributed by atoms with Crippen molar-refractivity contribution in [2.75, 3.05) is 13.2 Å². The number of rotatable bonds is 7. The Morgan fingerprint density at radius 3 is 2.46 bits per heavy atom. The smallest absolute Gasteiger partial charge is 0.354 e. The molecule has 1 heterocycles. The quantitative estimate of drug-likeness (QED) is 0.750. The van der Waals surface area contributed by atoms with E-state index >= 15 is 0 Å². The van der Waals surface area contributed by atoms with Crippen molar-refractivity contribution in [1.29, 1.82) is 0 Å². The summed E-state index contributed by atoms with van der Waals surface area (Å²) in [5.74, 6) is -0.753. The van der Waals surface area contributed by atoms with Gasteiger partial charge in [-0.3, -0.25) is 4.79 Å². The van der Waals surface area contributed by atoms with Crippen LogP contribution in [0.5, 0.6) is 0 Å². The second-order valence-electron chi connectivity index (χ2n) is 5.07. The zero-order valence-electron chi connectivity index (χ0n) is 13.4. The normalized spacial score (nSPS) is 10.5.